The smallest absolute Gasteiger partial charge is 0.161 e. The highest BCUT2D eigenvalue weighted by molar-refractivity contribution is 6.30. The monoisotopic (exact) mass is 291 g/mol. The maximum absolute atomic E-state index is 11.9. The Balaban J connectivity index is 2.06. The number of benzene rings is 1. The molecule has 6 heteroatoms. The molecule has 0 spiro atoms. The fourth-order valence-corrected chi connectivity index (χ4v) is 1.74. The summed E-state index contributed by atoms with van der Waals surface area (Å²) < 4.78 is 6.92. The molecule has 1 aromatic heterocycles. The van der Waals surface area contributed by atoms with Crippen molar-refractivity contribution in [3.8, 4) is 5.75 Å². The van der Waals surface area contributed by atoms with E-state index in [-0.39, 0.29) is 5.78 Å². The Kier molecular flexibility index (Phi) is 4.90. The Bertz CT molecular complexity index is 579. The molecule has 0 aliphatic carbocycles. The molecule has 104 valence electrons. The van der Waals surface area contributed by atoms with E-state index in [0.29, 0.717) is 17.2 Å². The Hall–Kier alpha value is -2.14. The third-order valence-corrected chi connectivity index (χ3v) is 2.93. The van der Waals surface area contributed by atoms with Crippen LogP contribution >= 0.6 is 11.6 Å². The number of aromatic nitrogens is 3. The van der Waals surface area contributed by atoms with E-state index in [1.54, 1.807) is 37.3 Å². The van der Waals surface area contributed by atoms with Crippen LogP contribution in [0.5, 0.6) is 5.75 Å². The van der Waals surface area contributed by atoms with E-state index in [1.165, 1.54) is 23.6 Å². The molecule has 20 heavy (non-hydrogen) atoms. The molecule has 1 unspecified atom stereocenters. The van der Waals surface area contributed by atoms with Crippen LogP contribution in [0, 0.1) is 0 Å². The number of allylic oxidation sites excluding steroid dienone is 1. The largest absolute Gasteiger partial charge is 0.465 e. The average molecular weight is 292 g/mol. The second-order valence-electron chi connectivity index (χ2n) is 4.04. The summed E-state index contributed by atoms with van der Waals surface area (Å²) in [5, 5.41) is 4.62. The van der Waals surface area contributed by atoms with Gasteiger partial charge in [0.25, 0.3) is 0 Å². The van der Waals surface area contributed by atoms with Crippen LogP contribution in [0.4, 0.5) is 0 Å². The van der Waals surface area contributed by atoms with Crippen molar-refractivity contribution >= 4 is 17.4 Å². The minimum Gasteiger partial charge on any atom is -0.465 e. The molecule has 0 N–H and O–H groups in total. The molecule has 0 aliphatic rings. The normalized spacial score (nSPS) is 12.5. The summed E-state index contributed by atoms with van der Waals surface area (Å²) >= 11 is 5.79. The first kappa shape index (κ1) is 14.3. The number of carbonyl (C=O) groups excluding carboxylic acids is 1. The zero-order valence-corrected chi connectivity index (χ0v) is 11.7. The van der Waals surface area contributed by atoms with E-state index in [4.69, 9.17) is 16.3 Å². The van der Waals surface area contributed by atoms with E-state index in [0.717, 1.165) is 0 Å². The van der Waals surface area contributed by atoms with Gasteiger partial charge in [-0.2, -0.15) is 5.10 Å². The lowest BCUT2D eigenvalue weighted by atomic mass is 10.1. The van der Waals surface area contributed by atoms with Crippen molar-refractivity contribution in [3.63, 3.8) is 0 Å². The van der Waals surface area contributed by atoms with Gasteiger partial charge in [0.15, 0.2) is 5.78 Å². The van der Waals surface area contributed by atoms with Crippen molar-refractivity contribution in [2.75, 3.05) is 0 Å². The highest BCUT2D eigenvalue weighted by Crippen LogP contribution is 2.16. The van der Waals surface area contributed by atoms with Gasteiger partial charge in [0, 0.05) is 11.4 Å². The number of nitrogens with zero attached hydrogens (tertiary/aromatic N) is 3. The summed E-state index contributed by atoms with van der Waals surface area (Å²) in [5.74, 6) is 0.679. The lowest BCUT2D eigenvalue weighted by Crippen LogP contribution is -2.17. The van der Waals surface area contributed by atoms with Gasteiger partial charge >= 0.3 is 0 Å². The van der Waals surface area contributed by atoms with Gasteiger partial charge in [-0.3, -0.25) is 4.79 Å². The molecule has 1 atom stereocenters. The van der Waals surface area contributed by atoms with Gasteiger partial charge in [-0.25, -0.2) is 9.67 Å². The quantitative estimate of drug-likeness (QED) is 0.768. The van der Waals surface area contributed by atoms with E-state index in [2.05, 4.69) is 10.1 Å². The topological polar surface area (TPSA) is 57.0 Å². The van der Waals surface area contributed by atoms with Crippen LogP contribution in [-0.2, 0) is 4.79 Å². The number of ether oxygens (including phenoxy) is 1. The molecule has 1 heterocycles. The lowest BCUT2D eigenvalue weighted by molar-refractivity contribution is -0.120. The molecule has 0 saturated carbocycles. The van der Waals surface area contributed by atoms with Crippen LogP contribution in [0.2, 0.25) is 5.02 Å². The van der Waals surface area contributed by atoms with Crippen LogP contribution < -0.4 is 4.74 Å². The summed E-state index contributed by atoms with van der Waals surface area (Å²) in [6, 6.07) is 6.46. The minimum atomic E-state index is -0.505. The summed E-state index contributed by atoms with van der Waals surface area (Å²) in [5.41, 5.74) is 0. The number of hydrogen-bond acceptors (Lipinski definition) is 4. The van der Waals surface area contributed by atoms with E-state index < -0.39 is 6.04 Å². The maximum Gasteiger partial charge on any atom is 0.161 e. The fourth-order valence-electron chi connectivity index (χ4n) is 1.62. The van der Waals surface area contributed by atoms with Gasteiger partial charge in [0.2, 0.25) is 0 Å². The number of ketones is 1. The van der Waals surface area contributed by atoms with Crippen molar-refractivity contribution in [2.24, 2.45) is 0 Å². The molecule has 0 bridgehead atoms. The van der Waals surface area contributed by atoms with Crippen molar-refractivity contribution in [1.29, 1.82) is 0 Å². The third kappa shape index (κ3) is 3.68. The molecular weight excluding hydrogens is 278 g/mol. The predicted molar refractivity (Wildman–Crippen MR) is 75.6 cm³/mol. The van der Waals surface area contributed by atoms with Crippen LogP contribution in [0.3, 0.4) is 0 Å². The van der Waals surface area contributed by atoms with Crippen molar-refractivity contribution in [3.05, 3.63) is 54.3 Å². The van der Waals surface area contributed by atoms with E-state index in [9.17, 15) is 4.79 Å². The molecule has 1 aromatic carbocycles. The SMILES string of the molecule is CCC(=O)C(C=COc1ccc(Cl)cc1)n1cncn1. The second-order valence-corrected chi connectivity index (χ2v) is 4.48. The van der Waals surface area contributed by atoms with Gasteiger partial charge in [-0.05, 0) is 30.3 Å². The van der Waals surface area contributed by atoms with E-state index >= 15 is 0 Å². The predicted octanol–water partition coefficient (Wildman–Crippen LogP) is 3.04. The van der Waals surface area contributed by atoms with E-state index in [1.807, 2.05) is 0 Å². The molecule has 5 nitrogen and oxygen atoms in total. The maximum atomic E-state index is 11.9. The number of halogens is 1. The molecular formula is C14H14ClN3O2. The first-order valence-electron chi connectivity index (χ1n) is 6.16. The second kappa shape index (κ2) is 6.86. The molecule has 0 radical (unpaired) electrons. The number of rotatable bonds is 6. The van der Waals surface area contributed by atoms with Crippen LogP contribution in [0.25, 0.3) is 0 Å². The average Bonchev–Trinajstić information content (AvgIpc) is 2.98. The Morgan fingerprint density at radius 1 is 1.45 bits per heavy atom. The highest BCUT2D eigenvalue weighted by Gasteiger charge is 2.16. The van der Waals surface area contributed by atoms with Gasteiger partial charge in [0.05, 0.1) is 6.26 Å². The first-order valence-corrected chi connectivity index (χ1v) is 6.54. The summed E-state index contributed by atoms with van der Waals surface area (Å²) in [4.78, 5) is 15.7. The molecule has 0 aliphatic heterocycles. The van der Waals surface area contributed by atoms with Crippen molar-refractivity contribution in [2.45, 2.75) is 19.4 Å². The van der Waals surface area contributed by atoms with Crippen LogP contribution in [-0.4, -0.2) is 20.5 Å². The van der Waals surface area contributed by atoms with Gasteiger partial charge in [-0.15, -0.1) is 0 Å². The summed E-state index contributed by atoms with van der Waals surface area (Å²) in [6.07, 6.45) is 6.43. The zero-order chi connectivity index (χ0) is 14.4. The third-order valence-electron chi connectivity index (χ3n) is 2.68. The minimum absolute atomic E-state index is 0.0338. The zero-order valence-electron chi connectivity index (χ0n) is 10.9. The molecule has 0 fully saturated rings. The highest BCUT2D eigenvalue weighted by atomic mass is 35.5. The van der Waals surface area contributed by atoms with Crippen molar-refractivity contribution in [1.82, 2.24) is 14.8 Å². The van der Waals surface area contributed by atoms with Gasteiger partial charge in [-0.1, -0.05) is 18.5 Å². The van der Waals surface area contributed by atoms with Crippen LogP contribution in [0.1, 0.15) is 19.4 Å². The summed E-state index contributed by atoms with van der Waals surface area (Å²) in [7, 11) is 0. The number of hydrogen-bond donors (Lipinski definition) is 0. The molecule has 0 amide bonds. The Morgan fingerprint density at radius 2 is 2.20 bits per heavy atom. The van der Waals surface area contributed by atoms with Crippen LogP contribution in [0.15, 0.2) is 49.3 Å². The summed E-state index contributed by atoms with van der Waals surface area (Å²) in [6.45, 7) is 1.81. The fraction of sp³-hybridized carbons (Fsp3) is 0.214. The number of carbonyl (C=O) groups is 1. The number of Topliss-reactive ketones (excluding diaryl/α,β-unsaturated/α-hetero) is 1. The Morgan fingerprint density at radius 3 is 2.80 bits per heavy atom. The van der Waals surface area contributed by atoms with Crippen molar-refractivity contribution < 1.29 is 9.53 Å². The molecule has 0 saturated heterocycles. The molecule has 2 rings (SSSR count). The standard InChI is InChI=1S/C14H14ClN3O2/c1-2-14(19)13(18-10-16-9-17-18)7-8-20-12-5-3-11(15)4-6-12/h3-10,13H,2H2,1H3. The van der Waals surface area contributed by atoms with Gasteiger partial charge in [0.1, 0.15) is 24.4 Å². The van der Waals surface area contributed by atoms with Gasteiger partial charge < -0.3 is 4.74 Å². The lowest BCUT2D eigenvalue weighted by Gasteiger charge is -2.10. The molecule has 2 aromatic rings. The Labute approximate surface area is 121 Å². The first-order chi connectivity index (χ1) is 9.70.